The third kappa shape index (κ3) is 3.56. The van der Waals surface area contributed by atoms with Crippen molar-refractivity contribution in [1.29, 1.82) is 0 Å². The van der Waals surface area contributed by atoms with Gasteiger partial charge in [0.15, 0.2) is 0 Å². The van der Waals surface area contributed by atoms with Crippen LogP contribution in [-0.2, 0) is 0 Å². The molecular weight excluding hydrogens is 266 g/mol. The van der Waals surface area contributed by atoms with Crippen molar-refractivity contribution in [2.75, 3.05) is 19.7 Å². The lowest BCUT2D eigenvalue weighted by molar-refractivity contribution is -0.110. The molecule has 0 spiro atoms. The third-order valence-corrected chi connectivity index (χ3v) is 3.96. The van der Waals surface area contributed by atoms with Crippen molar-refractivity contribution in [2.45, 2.75) is 33.3 Å². The van der Waals surface area contributed by atoms with Gasteiger partial charge in [0, 0.05) is 5.56 Å². The lowest BCUT2D eigenvalue weighted by Crippen LogP contribution is -2.65. The fourth-order valence-corrected chi connectivity index (χ4v) is 2.29. The van der Waals surface area contributed by atoms with Crippen LogP contribution in [0.25, 0.3) is 0 Å². The summed E-state index contributed by atoms with van der Waals surface area (Å²) in [5, 5.41) is 10.2. The summed E-state index contributed by atoms with van der Waals surface area (Å²) >= 11 is 0. The number of rotatable bonds is 5. The van der Waals surface area contributed by atoms with Gasteiger partial charge in [0.2, 0.25) is 0 Å². The normalized spacial score (nSPS) is 17.0. The summed E-state index contributed by atoms with van der Waals surface area (Å²) in [5.41, 5.74) is -0.122. The number of nitrogens with zero attached hydrogens (tertiary/aromatic N) is 1. The fraction of sp³-hybridized carbons (Fsp3) is 0.588. The Balaban J connectivity index is 1.99. The first-order valence-electron chi connectivity index (χ1n) is 7.56. The van der Waals surface area contributed by atoms with Crippen LogP contribution in [-0.4, -0.2) is 41.2 Å². The molecule has 1 aliphatic rings. The lowest BCUT2D eigenvalue weighted by Gasteiger charge is -2.49. The molecule has 0 saturated carbocycles. The van der Waals surface area contributed by atoms with E-state index >= 15 is 0 Å². The van der Waals surface area contributed by atoms with E-state index in [1.54, 1.807) is 17.0 Å². The predicted molar refractivity (Wildman–Crippen MR) is 82.5 cm³/mol. The Labute approximate surface area is 126 Å². The van der Waals surface area contributed by atoms with Gasteiger partial charge in [-0.1, -0.05) is 33.8 Å². The number of carbonyl (C=O) groups is 1. The second-order valence-electron chi connectivity index (χ2n) is 6.65. The molecule has 0 aliphatic carbocycles. The van der Waals surface area contributed by atoms with Gasteiger partial charge < -0.3 is 14.7 Å². The van der Waals surface area contributed by atoms with Gasteiger partial charge in [0.25, 0.3) is 5.91 Å². The van der Waals surface area contributed by atoms with Crippen LogP contribution in [0.5, 0.6) is 5.75 Å². The van der Waals surface area contributed by atoms with Crippen LogP contribution in [0, 0.1) is 11.8 Å². The zero-order valence-corrected chi connectivity index (χ0v) is 13.3. The summed E-state index contributed by atoms with van der Waals surface area (Å²) in [4.78, 5) is 14.1. The first-order chi connectivity index (χ1) is 9.82. The molecule has 1 aromatic carbocycles. The van der Waals surface area contributed by atoms with E-state index in [9.17, 15) is 9.90 Å². The monoisotopic (exact) mass is 291 g/mol. The van der Waals surface area contributed by atoms with Crippen molar-refractivity contribution in [3.8, 4) is 5.75 Å². The van der Waals surface area contributed by atoms with E-state index in [0.717, 1.165) is 0 Å². The smallest absolute Gasteiger partial charge is 0.254 e. The zero-order valence-electron chi connectivity index (χ0n) is 13.3. The summed E-state index contributed by atoms with van der Waals surface area (Å²) < 4.78 is 5.65. The Morgan fingerprint density at radius 1 is 1.33 bits per heavy atom. The average molecular weight is 291 g/mol. The molecule has 2 rings (SSSR count). The van der Waals surface area contributed by atoms with E-state index in [-0.39, 0.29) is 11.8 Å². The van der Waals surface area contributed by atoms with Crippen molar-refractivity contribution in [1.82, 2.24) is 4.90 Å². The highest BCUT2D eigenvalue weighted by Crippen LogP contribution is 2.30. The van der Waals surface area contributed by atoms with Crippen LogP contribution in [0.2, 0.25) is 0 Å². The molecule has 1 aliphatic heterocycles. The number of hydrogen-bond acceptors (Lipinski definition) is 3. The highest BCUT2D eigenvalue weighted by atomic mass is 16.5. The van der Waals surface area contributed by atoms with Crippen LogP contribution < -0.4 is 4.74 Å². The number of benzene rings is 1. The fourth-order valence-electron chi connectivity index (χ4n) is 2.29. The Morgan fingerprint density at radius 2 is 2.00 bits per heavy atom. The molecule has 1 amide bonds. The van der Waals surface area contributed by atoms with Crippen molar-refractivity contribution >= 4 is 5.91 Å². The molecule has 1 N–H and O–H groups in total. The minimum Gasteiger partial charge on any atom is -0.493 e. The number of ether oxygens (including phenoxy) is 1. The van der Waals surface area contributed by atoms with Gasteiger partial charge >= 0.3 is 0 Å². The topological polar surface area (TPSA) is 49.8 Å². The molecule has 1 saturated heterocycles. The predicted octanol–water partition coefficient (Wildman–Crippen LogP) is 2.56. The maximum Gasteiger partial charge on any atom is 0.254 e. The molecular formula is C17H25NO3. The molecule has 21 heavy (non-hydrogen) atoms. The van der Waals surface area contributed by atoms with Crippen LogP contribution in [0.1, 0.15) is 38.1 Å². The Bertz CT molecular complexity index is 505. The van der Waals surface area contributed by atoms with E-state index in [2.05, 4.69) is 13.8 Å². The van der Waals surface area contributed by atoms with Crippen LogP contribution in [0.4, 0.5) is 0 Å². The van der Waals surface area contributed by atoms with Gasteiger partial charge in [-0.25, -0.2) is 0 Å². The van der Waals surface area contributed by atoms with Crippen molar-refractivity contribution < 1.29 is 14.6 Å². The van der Waals surface area contributed by atoms with Gasteiger partial charge in [-0.15, -0.1) is 0 Å². The second kappa shape index (κ2) is 6.06. The maximum absolute atomic E-state index is 12.4. The molecule has 1 fully saturated rings. The third-order valence-electron chi connectivity index (χ3n) is 3.96. The standard InChI is InChI=1S/C17H25NO3/c1-12(2)9-21-15-7-5-6-14(8-15)16(19)18-10-17(20,11-18)13(3)4/h5-8,12-13,20H,9-11H2,1-4H3. The van der Waals surface area contributed by atoms with Gasteiger partial charge in [-0.2, -0.15) is 0 Å². The highest BCUT2D eigenvalue weighted by Gasteiger charge is 2.45. The summed E-state index contributed by atoms with van der Waals surface area (Å²) in [5.74, 6) is 1.27. The average Bonchev–Trinajstić information content (AvgIpc) is 2.41. The summed E-state index contributed by atoms with van der Waals surface area (Å²) in [7, 11) is 0. The Morgan fingerprint density at radius 3 is 2.57 bits per heavy atom. The van der Waals surface area contributed by atoms with E-state index in [4.69, 9.17) is 4.74 Å². The number of likely N-dealkylation sites (tertiary alicyclic amines) is 1. The largest absolute Gasteiger partial charge is 0.493 e. The van der Waals surface area contributed by atoms with E-state index in [1.165, 1.54) is 0 Å². The number of aliphatic hydroxyl groups is 1. The number of carbonyl (C=O) groups excluding carboxylic acids is 1. The zero-order chi connectivity index (χ0) is 15.6. The molecule has 0 unspecified atom stereocenters. The first kappa shape index (κ1) is 15.8. The van der Waals surface area contributed by atoms with Gasteiger partial charge in [-0.3, -0.25) is 4.79 Å². The summed E-state index contributed by atoms with van der Waals surface area (Å²) in [6.45, 7) is 9.56. The SMILES string of the molecule is CC(C)COc1cccc(C(=O)N2CC(O)(C(C)C)C2)c1. The lowest BCUT2D eigenvalue weighted by atomic mass is 9.82. The van der Waals surface area contributed by atoms with E-state index in [1.807, 2.05) is 26.0 Å². The molecule has 0 aromatic heterocycles. The van der Waals surface area contributed by atoms with Crippen molar-refractivity contribution in [3.63, 3.8) is 0 Å². The number of hydrogen-bond donors (Lipinski definition) is 1. The molecule has 1 heterocycles. The summed E-state index contributed by atoms with van der Waals surface area (Å²) in [6.07, 6.45) is 0. The molecule has 0 radical (unpaired) electrons. The van der Waals surface area contributed by atoms with Crippen LogP contribution in [0.15, 0.2) is 24.3 Å². The van der Waals surface area contributed by atoms with Crippen molar-refractivity contribution in [2.24, 2.45) is 11.8 Å². The quantitative estimate of drug-likeness (QED) is 0.907. The minimum atomic E-state index is -0.735. The van der Waals surface area contributed by atoms with Crippen LogP contribution >= 0.6 is 0 Å². The Kier molecular flexibility index (Phi) is 4.57. The highest BCUT2D eigenvalue weighted by molar-refractivity contribution is 5.95. The summed E-state index contributed by atoms with van der Waals surface area (Å²) in [6, 6.07) is 7.26. The first-order valence-corrected chi connectivity index (χ1v) is 7.56. The van der Waals surface area contributed by atoms with E-state index < -0.39 is 5.60 Å². The maximum atomic E-state index is 12.4. The minimum absolute atomic E-state index is 0.0460. The molecule has 0 atom stereocenters. The van der Waals surface area contributed by atoms with Gasteiger partial charge in [0.1, 0.15) is 11.4 Å². The molecule has 1 aromatic rings. The number of amides is 1. The van der Waals surface area contributed by atoms with Crippen LogP contribution in [0.3, 0.4) is 0 Å². The van der Waals surface area contributed by atoms with Gasteiger partial charge in [0.05, 0.1) is 19.7 Å². The molecule has 4 nitrogen and oxygen atoms in total. The number of β-amino-alcohol motifs (C(OH)–C–C–N with tert-alkyl or cyclic N) is 1. The Hall–Kier alpha value is -1.55. The van der Waals surface area contributed by atoms with Crippen molar-refractivity contribution in [3.05, 3.63) is 29.8 Å². The van der Waals surface area contributed by atoms with Gasteiger partial charge in [-0.05, 0) is 30.0 Å². The molecule has 0 bridgehead atoms. The molecule has 4 heteroatoms. The van der Waals surface area contributed by atoms with E-state index in [0.29, 0.717) is 36.9 Å². The molecule has 116 valence electrons. The second-order valence-corrected chi connectivity index (χ2v) is 6.65.